The van der Waals surface area contributed by atoms with Crippen molar-refractivity contribution in [2.45, 2.75) is 57.8 Å². The largest absolute Gasteiger partial charge is 0.462 e. The van der Waals surface area contributed by atoms with Crippen LogP contribution in [0.25, 0.3) is 0 Å². The lowest BCUT2D eigenvalue weighted by molar-refractivity contribution is -0.141. The molecule has 1 saturated heterocycles. The van der Waals surface area contributed by atoms with Gasteiger partial charge in [0.25, 0.3) is 0 Å². The maximum absolute atomic E-state index is 11.3. The molecule has 6 atom stereocenters. The van der Waals surface area contributed by atoms with Gasteiger partial charge in [-0.15, -0.1) is 11.8 Å². The van der Waals surface area contributed by atoms with Crippen LogP contribution in [-0.4, -0.2) is 34.5 Å². The molecular formula is C17H24O4. The zero-order valence-corrected chi connectivity index (χ0v) is 12.7. The molecule has 116 valence electrons. The molecule has 1 aliphatic heterocycles. The Kier molecular flexibility index (Phi) is 5.44. The van der Waals surface area contributed by atoms with Crippen LogP contribution in [0.1, 0.15) is 39.5 Å². The number of carbonyl (C=O) groups is 1. The van der Waals surface area contributed by atoms with Crippen LogP contribution in [0.5, 0.6) is 0 Å². The Morgan fingerprint density at radius 3 is 2.95 bits per heavy atom. The van der Waals surface area contributed by atoms with Gasteiger partial charge in [-0.1, -0.05) is 26.0 Å². The minimum atomic E-state index is -0.583. The molecule has 0 aromatic rings. The smallest absolute Gasteiger partial charge is 0.306 e. The molecule has 2 fully saturated rings. The van der Waals surface area contributed by atoms with Gasteiger partial charge in [0.1, 0.15) is 6.10 Å². The van der Waals surface area contributed by atoms with Crippen molar-refractivity contribution in [2.24, 2.45) is 17.8 Å². The van der Waals surface area contributed by atoms with E-state index in [1.165, 1.54) is 0 Å². The first kappa shape index (κ1) is 16.1. The molecule has 2 rings (SSSR count). The lowest BCUT2D eigenvalue weighted by atomic mass is 9.90. The Bertz CT molecular complexity index is 459. The van der Waals surface area contributed by atoms with E-state index in [2.05, 4.69) is 11.8 Å². The summed E-state index contributed by atoms with van der Waals surface area (Å²) in [5, 5.41) is 20.2. The van der Waals surface area contributed by atoms with Crippen molar-refractivity contribution in [3.8, 4) is 11.8 Å². The summed E-state index contributed by atoms with van der Waals surface area (Å²) in [5.74, 6) is 5.84. The quantitative estimate of drug-likeness (QED) is 0.470. The third kappa shape index (κ3) is 3.87. The summed E-state index contributed by atoms with van der Waals surface area (Å²) in [7, 11) is 0. The Labute approximate surface area is 126 Å². The van der Waals surface area contributed by atoms with Crippen molar-refractivity contribution in [1.29, 1.82) is 0 Å². The van der Waals surface area contributed by atoms with Crippen LogP contribution in [0.4, 0.5) is 0 Å². The van der Waals surface area contributed by atoms with Crippen LogP contribution in [0, 0.1) is 29.6 Å². The van der Waals surface area contributed by atoms with Gasteiger partial charge in [-0.3, -0.25) is 4.79 Å². The molecule has 1 unspecified atom stereocenters. The van der Waals surface area contributed by atoms with Gasteiger partial charge < -0.3 is 14.9 Å². The van der Waals surface area contributed by atoms with Crippen LogP contribution < -0.4 is 0 Å². The summed E-state index contributed by atoms with van der Waals surface area (Å²) >= 11 is 0. The van der Waals surface area contributed by atoms with Crippen LogP contribution in [-0.2, 0) is 9.53 Å². The molecule has 0 aromatic carbocycles. The van der Waals surface area contributed by atoms with E-state index in [1.807, 2.05) is 19.9 Å². The third-order valence-corrected chi connectivity index (χ3v) is 4.41. The Morgan fingerprint density at radius 1 is 1.48 bits per heavy atom. The van der Waals surface area contributed by atoms with E-state index >= 15 is 0 Å². The molecule has 0 aromatic heterocycles. The standard InChI is InChI=1S/C17H24O4/c1-3-4-5-6-11(2)14(18)8-7-12-13-9-17(20)21-16(13)10-15(12)19/h7-8,11-16,18-19H,3,6,9-10H2,1-2H3/t11?,12-,13-,14-,15-,16+/m1/s1. The molecule has 0 spiro atoms. The predicted octanol–water partition coefficient (Wildman–Crippen LogP) is 1.66. The minimum absolute atomic E-state index is 0.0474. The van der Waals surface area contributed by atoms with Crippen LogP contribution in [0.3, 0.4) is 0 Å². The summed E-state index contributed by atoms with van der Waals surface area (Å²) in [6.45, 7) is 3.95. The topological polar surface area (TPSA) is 66.8 Å². The zero-order chi connectivity index (χ0) is 15.4. The molecular weight excluding hydrogens is 268 g/mol. The first-order valence-electron chi connectivity index (χ1n) is 7.72. The third-order valence-electron chi connectivity index (χ3n) is 4.41. The van der Waals surface area contributed by atoms with E-state index in [0.29, 0.717) is 19.3 Å². The van der Waals surface area contributed by atoms with Crippen LogP contribution >= 0.6 is 0 Å². The van der Waals surface area contributed by atoms with E-state index in [4.69, 9.17) is 4.74 Å². The van der Waals surface area contributed by atoms with Crippen LogP contribution in [0.15, 0.2) is 12.2 Å². The number of rotatable bonds is 4. The first-order valence-corrected chi connectivity index (χ1v) is 7.72. The molecule has 0 radical (unpaired) electrons. The maximum Gasteiger partial charge on any atom is 0.306 e. The average Bonchev–Trinajstić information content (AvgIpc) is 2.91. The second-order valence-corrected chi connectivity index (χ2v) is 6.04. The molecule has 4 heteroatoms. The summed E-state index contributed by atoms with van der Waals surface area (Å²) < 4.78 is 5.19. The summed E-state index contributed by atoms with van der Waals surface area (Å²) in [4.78, 5) is 11.3. The highest BCUT2D eigenvalue weighted by atomic mass is 16.6. The number of esters is 1. The van der Waals surface area contributed by atoms with E-state index < -0.39 is 12.2 Å². The number of aliphatic hydroxyl groups excluding tert-OH is 2. The van der Waals surface area contributed by atoms with Crippen LogP contribution in [0.2, 0.25) is 0 Å². The number of fused-ring (bicyclic) bond motifs is 1. The second kappa shape index (κ2) is 7.11. The molecule has 2 aliphatic rings. The van der Waals surface area contributed by atoms with Gasteiger partial charge in [-0.2, -0.15) is 0 Å². The Morgan fingerprint density at radius 2 is 2.24 bits per heavy atom. The molecule has 21 heavy (non-hydrogen) atoms. The van der Waals surface area contributed by atoms with E-state index in [0.717, 1.165) is 6.42 Å². The van der Waals surface area contributed by atoms with Gasteiger partial charge in [-0.25, -0.2) is 0 Å². The number of hydrogen-bond acceptors (Lipinski definition) is 4. The molecule has 1 aliphatic carbocycles. The fourth-order valence-electron chi connectivity index (χ4n) is 3.10. The monoisotopic (exact) mass is 292 g/mol. The molecule has 0 amide bonds. The number of hydrogen-bond donors (Lipinski definition) is 2. The molecule has 1 heterocycles. The lowest BCUT2D eigenvalue weighted by Crippen LogP contribution is -2.20. The number of carbonyl (C=O) groups excluding carboxylic acids is 1. The zero-order valence-electron chi connectivity index (χ0n) is 12.7. The van der Waals surface area contributed by atoms with Crippen molar-refractivity contribution in [3.63, 3.8) is 0 Å². The lowest BCUT2D eigenvalue weighted by Gasteiger charge is -2.17. The van der Waals surface area contributed by atoms with Gasteiger partial charge in [0.15, 0.2) is 0 Å². The SMILES string of the molecule is CCC#CCC(C)[C@H](O)C=C[C@@H]1[C@H]2CC(=O)O[C@H]2C[C@H]1O. The van der Waals surface area contributed by atoms with Gasteiger partial charge in [0, 0.05) is 31.1 Å². The number of aliphatic hydroxyl groups is 2. The number of ether oxygens (including phenoxy) is 1. The van der Waals surface area contributed by atoms with Crippen molar-refractivity contribution >= 4 is 5.97 Å². The van der Waals surface area contributed by atoms with E-state index in [9.17, 15) is 15.0 Å². The van der Waals surface area contributed by atoms with Gasteiger partial charge in [0.05, 0.1) is 18.6 Å². The van der Waals surface area contributed by atoms with Crippen molar-refractivity contribution in [2.75, 3.05) is 0 Å². The van der Waals surface area contributed by atoms with Gasteiger partial charge in [0.2, 0.25) is 0 Å². The highest BCUT2D eigenvalue weighted by Crippen LogP contribution is 2.42. The molecule has 0 bridgehead atoms. The van der Waals surface area contributed by atoms with Gasteiger partial charge >= 0.3 is 5.97 Å². The van der Waals surface area contributed by atoms with Crippen molar-refractivity contribution in [1.82, 2.24) is 0 Å². The predicted molar refractivity (Wildman–Crippen MR) is 79.1 cm³/mol. The Hall–Kier alpha value is -1.31. The summed E-state index contributed by atoms with van der Waals surface area (Å²) in [6, 6.07) is 0. The molecule has 4 nitrogen and oxygen atoms in total. The summed E-state index contributed by atoms with van der Waals surface area (Å²) in [5.41, 5.74) is 0. The minimum Gasteiger partial charge on any atom is -0.462 e. The fourth-order valence-corrected chi connectivity index (χ4v) is 3.10. The van der Waals surface area contributed by atoms with E-state index in [1.54, 1.807) is 6.08 Å². The maximum atomic E-state index is 11.3. The second-order valence-electron chi connectivity index (χ2n) is 6.04. The molecule has 1 saturated carbocycles. The van der Waals surface area contributed by atoms with E-state index in [-0.39, 0.29) is 29.8 Å². The summed E-state index contributed by atoms with van der Waals surface area (Å²) in [6.07, 6.45) is 4.69. The Balaban J connectivity index is 1.91. The van der Waals surface area contributed by atoms with Gasteiger partial charge in [-0.05, 0) is 5.92 Å². The highest BCUT2D eigenvalue weighted by molar-refractivity contribution is 5.72. The van der Waals surface area contributed by atoms with Crippen molar-refractivity contribution in [3.05, 3.63) is 12.2 Å². The first-order chi connectivity index (χ1) is 10.0. The average molecular weight is 292 g/mol. The fraction of sp³-hybridized carbons (Fsp3) is 0.706. The van der Waals surface area contributed by atoms with Crippen molar-refractivity contribution < 1.29 is 19.7 Å². The highest BCUT2D eigenvalue weighted by Gasteiger charge is 2.48. The normalized spacial score (nSPS) is 34.2. The molecule has 2 N–H and O–H groups in total.